The van der Waals surface area contributed by atoms with Gasteiger partial charge in [0.25, 0.3) is 5.91 Å². The van der Waals surface area contributed by atoms with E-state index >= 15 is 0 Å². The van der Waals surface area contributed by atoms with Crippen molar-refractivity contribution in [2.24, 2.45) is 0 Å². The first-order valence-corrected chi connectivity index (χ1v) is 7.39. The second-order valence-corrected chi connectivity index (χ2v) is 5.81. The van der Waals surface area contributed by atoms with Crippen molar-refractivity contribution in [1.29, 1.82) is 0 Å². The quantitative estimate of drug-likeness (QED) is 0.832. The van der Waals surface area contributed by atoms with Gasteiger partial charge in [-0.1, -0.05) is 12.1 Å². The fourth-order valence-electron chi connectivity index (χ4n) is 1.64. The number of thioether (sulfide) groups is 1. The fraction of sp³-hybridized carbons (Fsp3) is 0.500. The number of benzene rings is 1. The molecule has 4 heteroatoms. The number of hydrogen-bond acceptors (Lipinski definition) is 3. The first kappa shape index (κ1) is 15.1. The van der Waals surface area contributed by atoms with Gasteiger partial charge in [0.15, 0.2) is 0 Å². The highest BCUT2D eigenvalue weighted by Gasteiger charge is 2.20. The van der Waals surface area contributed by atoms with Gasteiger partial charge < -0.3 is 10.4 Å². The lowest BCUT2D eigenvalue weighted by Gasteiger charge is -2.25. The average Bonchev–Trinajstić information content (AvgIpc) is 2.29. The van der Waals surface area contributed by atoms with Crippen LogP contribution in [0.2, 0.25) is 0 Å². The van der Waals surface area contributed by atoms with Gasteiger partial charge in [-0.2, -0.15) is 11.8 Å². The summed E-state index contributed by atoms with van der Waals surface area (Å²) < 4.78 is 0. The summed E-state index contributed by atoms with van der Waals surface area (Å²) in [5, 5.41) is 11.8. The molecule has 0 bridgehead atoms. The number of amides is 1. The van der Waals surface area contributed by atoms with Crippen LogP contribution >= 0.6 is 11.8 Å². The van der Waals surface area contributed by atoms with Crippen molar-refractivity contribution >= 4 is 17.7 Å². The van der Waals surface area contributed by atoms with Crippen LogP contribution in [0.25, 0.3) is 0 Å². The molecule has 3 nitrogen and oxygen atoms in total. The van der Waals surface area contributed by atoms with Crippen LogP contribution in [0.3, 0.4) is 0 Å². The molecule has 0 aromatic heterocycles. The van der Waals surface area contributed by atoms with Gasteiger partial charge >= 0.3 is 0 Å². The summed E-state index contributed by atoms with van der Waals surface area (Å²) >= 11 is 1.76. The Bertz CT molecular complexity index is 387. The summed E-state index contributed by atoms with van der Waals surface area (Å²) in [6.07, 6.45) is 2.60. The van der Waals surface area contributed by atoms with Crippen molar-refractivity contribution in [3.05, 3.63) is 35.4 Å². The van der Waals surface area contributed by atoms with Crippen molar-refractivity contribution in [1.82, 2.24) is 5.32 Å². The Balaban J connectivity index is 2.67. The summed E-state index contributed by atoms with van der Waals surface area (Å²) in [7, 11) is 0. The van der Waals surface area contributed by atoms with Gasteiger partial charge in [-0.3, -0.25) is 4.79 Å². The largest absolute Gasteiger partial charge is 0.396 e. The van der Waals surface area contributed by atoms with Gasteiger partial charge in [-0.15, -0.1) is 0 Å². The molecule has 0 atom stereocenters. The van der Waals surface area contributed by atoms with Crippen molar-refractivity contribution in [2.75, 3.05) is 12.9 Å². The topological polar surface area (TPSA) is 49.3 Å². The SMILES string of the molecule is CSCc1ccc(C(=O)NC(C)(C)CCO)cc1. The maximum Gasteiger partial charge on any atom is 0.251 e. The highest BCUT2D eigenvalue weighted by molar-refractivity contribution is 7.97. The monoisotopic (exact) mass is 267 g/mol. The smallest absolute Gasteiger partial charge is 0.251 e. The highest BCUT2D eigenvalue weighted by Crippen LogP contribution is 2.13. The molecule has 2 N–H and O–H groups in total. The molecule has 0 aliphatic heterocycles. The Hall–Kier alpha value is -1.00. The number of hydrogen-bond donors (Lipinski definition) is 2. The summed E-state index contributed by atoms with van der Waals surface area (Å²) in [5.74, 6) is 0.863. The molecule has 0 saturated carbocycles. The molecule has 0 spiro atoms. The maximum atomic E-state index is 12.0. The van der Waals surface area contributed by atoms with Crippen molar-refractivity contribution < 1.29 is 9.90 Å². The number of carbonyl (C=O) groups is 1. The standard InChI is InChI=1S/C14H21NO2S/c1-14(2,8-9-16)15-13(17)12-6-4-11(5-7-12)10-18-3/h4-7,16H,8-10H2,1-3H3,(H,15,17). The van der Waals surface area contributed by atoms with E-state index in [0.29, 0.717) is 12.0 Å². The lowest BCUT2D eigenvalue weighted by molar-refractivity contribution is 0.0899. The fourth-order valence-corrected chi connectivity index (χ4v) is 2.17. The second-order valence-electron chi connectivity index (χ2n) is 4.94. The Morgan fingerprint density at radius 2 is 1.94 bits per heavy atom. The molecule has 0 aliphatic rings. The zero-order valence-electron chi connectivity index (χ0n) is 11.2. The molecule has 1 rings (SSSR count). The minimum Gasteiger partial charge on any atom is -0.396 e. The number of nitrogens with one attached hydrogen (secondary N) is 1. The van der Waals surface area contributed by atoms with E-state index in [1.165, 1.54) is 5.56 Å². The molecule has 1 amide bonds. The third-order valence-electron chi connectivity index (χ3n) is 2.72. The van der Waals surface area contributed by atoms with Crippen molar-refractivity contribution in [3.8, 4) is 0 Å². The average molecular weight is 267 g/mol. The van der Waals surface area contributed by atoms with E-state index in [1.54, 1.807) is 11.8 Å². The summed E-state index contributed by atoms with van der Waals surface area (Å²) in [6.45, 7) is 3.88. The molecular weight excluding hydrogens is 246 g/mol. The second kappa shape index (κ2) is 6.81. The molecule has 100 valence electrons. The Labute approximate surface area is 113 Å². The minimum absolute atomic E-state index is 0.0694. The normalized spacial score (nSPS) is 11.3. The highest BCUT2D eigenvalue weighted by atomic mass is 32.2. The van der Waals surface area contributed by atoms with E-state index < -0.39 is 0 Å². The number of aliphatic hydroxyl groups is 1. The van der Waals surface area contributed by atoms with E-state index in [0.717, 1.165) is 5.75 Å². The van der Waals surface area contributed by atoms with Crippen LogP contribution in [-0.4, -0.2) is 29.4 Å². The molecule has 0 heterocycles. The van der Waals surface area contributed by atoms with Crippen LogP contribution < -0.4 is 5.32 Å². The number of carbonyl (C=O) groups excluding carboxylic acids is 1. The Morgan fingerprint density at radius 3 is 2.44 bits per heavy atom. The van der Waals surface area contributed by atoms with Gasteiger partial charge in [0.2, 0.25) is 0 Å². The van der Waals surface area contributed by atoms with Gasteiger partial charge in [0.1, 0.15) is 0 Å². The molecule has 1 aromatic carbocycles. The lowest BCUT2D eigenvalue weighted by Crippen LogP contribution is -2.44. The van der Waals surface area contributed by atoms with Gasteiger partial charge in [0, 0.05) is 23.5 Å². The predicted molar refractivity (Wildman–Crippen MR) is 76.9 cm³/mol. The van der Waals surface area contributed by atoms with Gasteiger partial charge in [-0.25, -0.2) is 0 Å². The Kier molecular flexibility index (Phi) is 5.69. The summed E-state index contributed by atoms with van der Waals surface area (Å²) in [4.78, 5) is 12.0. The first-order chi connectivity index (χ1) is 8.48. The van der Waals surface area contributed by atoms with E-state index in [4.69, 9.17) is 5.11 Å². The predicted octanol–water partition coefficient (Wildman–Crippen LogP) is 2.44. The lowest BCUT2D eigenvalue weighted by atomic mass is 10.0. The molecule has 0 fully saturated rings. The van der Waals surface area contributed by atoms with E-state index in [9.17, 15) is 4.79 Å². The number of aliphatic hydroxyl groups excluding tert-OH is 1. The van der Waals surface area contributed by atoms with Gasteiger partial charge in [0.05, 0.1) is 0 Å². The molecule has 18 heavy (non-hydrogen) atoms. The zero-order valence-corrected chi connectivity index (χ0v) is 12.0. The molecule has 0 radical (unpaired) electrons. The molecule has 0 unspecified atom stereocenters. The molecular formula is C14H21NO2S. The zero-order chi connectivity index (χ0) is 13.6. The van der Waals surface area contributed by atoms with Gasteiger partial charge in [-0.05, 0) is 44.2 Å². The van der Waals surface area contributed by atoms with Crippen LogP contribution in [0.15, 0.2) is 24.3 Å². The number of rotatable bonds is 6. The van der Waals surface area contributed by atoms with Crippen LogP contribution in [0.1, 0.15) is 36.2 Å². The first-order valence-electron chi connectivity index (χ1n) is 6.00. The third kappa shape index (κ3) is 4.70. The van der Waals surface area contributed by atoms with E-state index in [1.807, 2.05) is 38.1 Å². The van der Waals surface area contributed by atoms with E-state index in [-0.39, 0.29) is 18.1 Å². The van der Waals surface area contributed by atoms with Crippen LogP contribution in [-0.2, 0) is 5.75 Å². The van der Waals surface area contributed by atoms with Crippen LogP contribution in [0.4, 0.5) is 0 Å². The molecule has 0 aliphatic carbocycles. The third-order valence-corrected chi connectivity index (χ3v) is 3.34. The summed E-state index contributed by atoms with van der Waals surface area (Å²) in [6, 6.07) is 7.64. The van der Waals surface area contributed by atoms with Crippen LogP contribution in [0, 0.1) is 0 Å². The molecule has 0 saturated heterocycles. The Morgan fingerprint density at radius 1 is 1.33 bits per heavy atom. The minimum atomic E-state index is -0.385. The maximum absolute atomic E-state index is 12.0. The molecule has 1 aromatic rings. The van der Waals surface area contributed by atoms with E-state index in [2.05, 4.69) is 11.6 Å². The summed E-state index contributed by atoms with van der Waals surface area (Å²) in [5.41, 5.74) is 1.49. The van der Waals surface area contributed by atoms with Crippen LogP contribution in [0.5, 0.6) is 0 Å². The van der Waals surface area contributed by atoms with Crippen molar-refractivity contribution in [2.45, 2.75) is 31.6 Å². The van der Waals surface area contributed by atoms with Crippen molar-refractivity contribution in [3.63, 3.8) is 0 Å².